The summed E-state index contributed by atoms with van der Waals surface area (Å²) in [6.07, 6.45) is 4.61. The van der Waals surface area contributed by atoms with Gasteiger partial charge in [-0.25, -0.2) is 4.39 Å². The van der Waals surface area contributed by atoms with Gasteiger partial charge < -0.3 is 9.80 Å². The van der Waals surface area contributed by atoms with Crippen LogP contribution in [0.2, 0.25) is 0 Å². The molecule has 0 saturated carbocycles. The van der Waals surface area contributed by atoms with E-state index in [-0.39, 0.29) is 23.5 Å². The number of halogens is 1. The van der Waals surface area contributed by atoms with Crippen molar-refractivity contribution in [3.8, 4) is 0 Å². The zero-order valence-corrected chi connectivity index (χ0v) is 14.9. The number of piperidine rings is 1. The summed E-state index contributed by atoms with van der Waals surface area (Å²) in [6, 6.07) is 6.91. The van der Waals surface area contributed by atoms with Crippen LogP contribution in [-0.4, -0.2) is 47.3 Å². The van der Waals surface area contributed by atoms with Gasteiger partial charge in [0.15, 0.2) is 0 Å². The highest BCUT2D eigenvalue weighted by atomic mass is 19.1. The van der Waals surface area contributed by atoms with Crippen molar-refractivity contribution in [1.29, 1.82) is 0 Å². The Morgan fingerprint density at radius 1 is 1.28 bits per heavy atom. The molecule has 0 bridgehead atoms. The first-order valence-electron chi connectivity index (χ1n) is 9.34. The fourth-order valence-electron chi connectivity index (χ4n) is 4.05. The van der Waals surface area contributed by atoms with Crippen LogP contribution in [0.25, 0.3) is 0 Å². The van der Waals surface area contributed by atoms with Gasteiger partial charge in [0.25, 0.3) is 0 Å². The van der Waals surface area contributed by atoms with Crippen LogP contribution in [0, 0.1) is 11.7 Å². The van der Waals surface area contributed by atoms with Gasteiger partial charge in [-0.1, -0.05) is 19.1 Å². The van der Waals surface area contributed by atoms with E-state index in [4.69, 9.17) is 0 Å². The molecular weight excluding hydrogens is 319 g/mol. The molecule has 0 aromatic heterocycles. The molecular formula is C20H27FN2O2. The monoisotopic (exact) mass is 346 g/mol. The van der Waals surface area contributed by atoms with E-state index in [1.54, 1.807) is 12.1 Å². The highest BCUT2D eigenvalue weighted by Gasteiger charge is 2.32. The van der Waals surface area contributed by atoms with Crippen LogP contribution in [0.4, 0.5) is 4.39 Å². The standard InChI is InChI=1S/C20H27FN2O2/c1-15(12-16-4-2-5-17(21)14-16)13-20(25)22-10-7-18(8-11-22)23-9-3-6-19(23)24/h2,4-5,14-15,18H,3,6-13H2,1H3/t15-/m0/s1. The molecule has 0 unspecified atom stereocenters. The van der Waals surface area contributed by atoms with Gasteiger partial charge in [-0.05, 0) is 49.3 Å². The van der Waals surface area contributed by atoms with E-state index in [2.05, 4.69) is 0 Å². The van der Waals surface area contributed by atoms with Gasteiger partial charge in [-0.15, -0.1) is 0 Å². The number of hydrogen-bond acceptors (Lipinski definition) is 2. The average molecular weight is 346 g/mol. The Morgan fingerprint density at radius 3 is 2.68 bits per heavy atom. The maximum absolute atomic E-state index is 13.3. The van der Waals surface area contributed by atoms with E-state index in [9.17, 15) is 14.0 Å². The molecule has 2 aliphatic heterocycles. The Bertz CT molecular complexity index is 626. The second kappa shape index (κ2) is 7.98. The Labute approximate surface area is 149 Å². The topological polar surface area (TPSA) is 40.6 Å². The Morgan fingerprint density at radius 2 is 2.04 bits per heavy atom. The first-order chi connectivity index (χ1) is 12.0. The molecule has 0 N–H and O–H groups in total. The third-order valence-electron chi connectivity index (χ3n) is 5.36. The number of likely N-dealkylation sites (tertiary alicyclic amines) is 2. The van der Waals surface area contributed by atoms with Crippen LogP contribution in [0.15, 0.2) is 24.3 Å². The molecule has 2 amide bonds. The minimum absolute atomic E-state index is 0.176. The molecule has 5 heteroatoms. The molecule has 0 aliphatic carbocycles. The van der Waals surface area contributed by atoms with Gasteiger partial charge >= 0.3 is 0 Å². The number of carbonyl (C=O) groups is 2. The molecule has 3 rings (SSSR count). The molecule has 0 radical (unpaired) electrons. The predicted octanol–water partition coefficient (Wildman–Crippen LogP) is 3.01. The number of carbonyl (C=O) groups excluding carboxylic acids is 2. The van der Waals surface area contributed by atoms with E-state index in [1.165, 1.54) is 6.07 Å². The summed E-state index contributed by atoms with van der Waals surface area (Å²) in [5.74, 6) is 0.408. The minimum Gasteiger partial charge on any atom is -0.343 e. The van der Waals surface area contributed by atoms with Crippen LogP contribution in [0.5, 0.6) is 0 Å². The molecule has 2 fully saturated rings. The van der Waals surface area contributed by atoms with Crippen molar-refractivity contribution in [2.75, 3.05) is 19.6 Å². The maximum atomic E-state index is 13.3. The van der Waals surface area contributed by atoms with E-state index < -0.39 is 0 Å². The van der Waals surface area contributed by atoms with Crippen molar-refractivity contribution in [1.82, 2.24) is 9.80 Å². The normalized spacial score (nSPS) is 20.2. The summed E-state index contributed by atoms with van der Waals surface area (Å²) in [4.78, 5) is 28.3. The molecule has 2 aliphatic rings. The van der Waals surface area contributed by atoms with Crippen molar-refractivity contribution >= 4 is 11.8 Å². The molecule has 2 heterocycles. The average Bonchev–Trinajstić information content (AvgIpc) is 3.01. The van der Waals surface area contributed by atoms with Crippen LogP contribution in [0.1, 0.15) is 44.6 Å². The first kappa shape index (κ1) is 17.9. The second-order valence-electron chi connectivity index (χ2n) is 7.45. The molecule has 0 spiro atoms. The lowest BCUT2D eigenvalue weighted by Crippen LogP contribution is -2.47. The quantitative estimate of drug-likeness (QED) is 0.822. The Hall–Kier alpha value is -1.91. The van der Waals surface area contributed by atoms with Gasteiger partial charge in [-0.3, -0.25) is 9.59 Å². The minimum atomic E-state index is -0.227. The number of rotatable bonds is 5. The Kier molecular flexibility index (Phi) is 5.71. The number of nitrogens with zero attached hydrogens (tertiary/aromatic N) is 2. The fraction of sp³-hybridized carbons (Fsp3) is 0.600. The van der Waals surface area contributed by atoms with Crippen molar-refractivity contribution in [3.63, 3.8) is 0 Å². The molecule has 136 valence electrons. The van der Waals surface area contributed by atoms with Gasteiger partial charge in [0, 0.05) is 38.5 Å². The molecule has 1 atom stereocenters. The summed E-state index contributed by atoms with van der Waals surface area (Å²) >= 11 is 0. The number of hydrogen-bond donors (Lipinski definition) is 0. The number of benzene rings is 1. The summed E-state index contributed by atoms with van der Waals surface area (Å²) in [5, 5.41) is 0. The van der Waals surface area contributed by atoms with Crippen molar-refractivity contribution in [2.45, 2.75) is 51.5 Å². The van der Waals surface area contributed by atoms with E-state index >= 15 is 0 Å². The SMILES string of the molecule is C[C@H](CC(=O)N1CCC(N2CCCC2=O)CC1)Cc1cccc(F)c1. The maximum Gasteiger partial charge on any atom is 0.222 e. The van der Waals surface area contributed by atoms with Crippen molar-refractivity contribution in [3.05, 3.63) is 35.6 Å². The zero-order valence-electron chi connectivity index (χ0n) is 14.9. The van der Waals surface area contributed by atoms with Crippen molar-refractivity contribution in [2.24, 2.45) is 5.92 Å². The summed E-state index contributed by atoms with van der Waals surface area (Å²) < 4.78 is 13.3. The van der Waals surface area contributed by atoms with Gasteiger partial charge in [0.2, 0.25) is 11.8 Å². The fourth-order valence-corrected chi connectivity index (χ4v) is 4.05. The first-order valence-corrected chi connectivity index (χ1v) is 9.34. The molecule has 25 heavy (non-hydrogen) atoms. The summed E-state index contributed by atoms with van der Waals surface area (Å²) in [6.45, 7) is 4.39. The molecule has 1 aromatic rings. The van der Waals surface area contributed by atoms with Crippen LogP contribution in [0.3, 0.4) is 0 Å². The van der Waals surface area contributed by atoms with Gasteiger partial charge in [0.05, 0.1) is 0 Å². The predicted molar refractivity (Wildman–Crippen MR) is 94.4 cm³/mol. The lowest BCUT2D eigenvalue weighted by molar-refractivity contribution is -0.135. The highest BCUT2D eigenvalue weighted by molar-refractivity contribution is 5.79. The van der Waals surface area contributed by atoms with Gasteiger partial charge in [0.1, 0.15) is 5.82 Å². The summed E-state index contributed by atoms with van der Waals surface area (Å²) in [7, 11) is 0. The number of amides is 2. The van der Waals surface area contributed by atoms with E-state index in [0.29, 0.717) is 25.3 Å². The molecule has 1 aromatic carbocycles. The molecule has 2 saturated heterocycles. The third kappa shape index (κ3) is 4.59. The Balaban J connectivity index is 1.45. The highest BCUT2D eigenvalue weighted by Crippen LogP contribution is 2.23. The lowest BCUT2D eigenvalue weighted by Gasteiger charge is -2.37. The van der Waals surface area contributed by atoms with Crippen LogP contribution >= 0.6 is 0 Å². The van der Waals surface area contributed by atoms with E-state index in [0.717, 1.165) is 44.5 Å². The second-order valence-corrected chi connectivity index (χ2v) is 7.45. The smallest absolute Gasteiger partial charge is 0.222 e. The van der Waals surface area contributed by atoms with Gasteiger partial charge in [-0.2, -0.15) is 0 Å². The largest absolute Gasteiger partial charge is 0.343 e. The zero-order chi connectivity index (χ0) is 17.8. The lowest BCUT2D eigenvalue weighted by atomic mass is 9.96. The van der Waals surface area contributed by atoms with Crippen LogP contribution < -0.4 is 0 Å². The molecule has 4 nitrogen and oxygen atoms in total. The third-order valence-corrected chi connectivity index (χ3v) is 5.36. The van der Waals surface area contributed by atoms with Crippen LogP contribution in [-0.2, 0) is 16.0 Å². The van der Waals surface area contributed by atoms with E-state index in [1.807, 2.05) is 22.8 Å². The van der Waals surface area contributed by atoms with Crippen molar-refractivity contribution < 1.29 is 14.0 Å². The summed E-state index contributed by atoms with van der Waals surface area (Å²) in [5.41, 5.74) is 0.937.